The molecular weight excluding hydrogens is 408 g/mol. The molecule has 0 amide bonds. The van der Waals surface area contributed by atoms with Crippen LogP contribution in [0.5, 0.6) is 0 Å². The summed E-state index contributed by atoms with van der Waals surface area (Å²) >= 11 is 0. The predicted molar refractivity (Wildman–Crippen MR) is 68.2 cm³/mol. The van der Waals surface area contributed by atoms with Crippen molar-refractivity contribution in [2.24, 2.45) is 0 Å². The highest BCUT2D eigenvalue weighted by molar-refractivity contribution is 4.98. The summed E-state index contributed by atoms with van der Waals surface area (Å²) in [6, 6.07) is 0. The number of nitrogens with zero attached hydrogens (tertiary/aromatic N) is 12. The molecule has 0 aromatic rings. The van der Waals surface area contributed by atoms with Crippen LogP contribution >= 0.6 is 0 Å². The van der Waals surface area contributed by atoms with Gasteiger partial charge in [-0.15, -0.1) is 0 Å². The third kappa shape index (κ3) is 1.62. The molecule has 0 aromatic carbocycles. The first-order valence-electron chi connectivity index (χ1n) is 6.46. The van der Waals surface area contributed by atoms with Crippen molar-refractivity contribution in [3.63, 3.8) is 0 Å². The first kappa shape index (κ1) is 18.5. The second kappa shape index (κ2) is 5.11. The first-order valence-corrected chi connectivity index (χ1v) is 6.46. The van der Waals surface area contributed by atoms with Crippen molar-refractivity contribution in [3.8, 4) is 0 Å². The van der Waals surface area contributed by atoms with Crippen LogP contribution in [0.15, 0.2) is 0 Å². The van der Waals surface area contributed by atoms with E-state index in [1.54, 1.807) is 0 Å². The minimum atomic E-state index is -4.29. The van der Waals surface area contributed by atoms with Gasteiger partial charge in [0.2, 0.25) is 0 Å². The predicted octanol–water partition coefficient (Wildman–Crippen LogP) is -3.87. The Kier molecular flexibility index (Phi) is 3.37. The molecule has 24 heteroatoms. The largest absolute Gasteiger partial charge is 0.644 e. The maximum atomic E-state index is 11.7. The molecular formula is C4H4N12O12. The Morgan fingerprint density at radius 1 is 0.643 bits per heavy atom. The average molecular weight is 412 g/mol. The molecule has 28 heavy (non-hydrogen) atoms. The van der Waals surface area contributed by atoms with Gasteiger partial charge in [0.05, 0.1) is 20.5 Å². The monoisotopic (exact) mass is 412 g/mol. The summed E-state index contributed by atoms with van der Waals surface area (Å²) in [4.78, 5) is 63.4. The van der Waals surface area contributed by atoms with Gasteiger partial charge in [-0.05, 0) is 0 Å². The third-order valence-corrected chi connectivity index (χ3v) is 4.16. The van der Waals surface area contributed by atoms with Gasteiger partial charge in [0.25, 0.3) is 0 Å². The molecule has 4 fully saturated rings. The fraction of sp³-hybridized carbons (Fsp3) is 1.00. The fourth-order valence-corrected chi connectivity index (χ4v) is 3.29. The second-order valence-corrected chi connectivity index (χ2v) is 5.21. The second-order valence-electron chi connectivity index (χ2n) is 5.21. The molecule has 0 spiro atoms. The number of nitro groups is 6. The summed E-state index contributed by atoms with van der Waals surface area (Å²) < 4.78 is 0. The molecule has 4 atom stereocenters. The topological polar surface area (TPSA) is 278 Å². The Morgan fingerprint density at radius 3 is 1.50 bits per heavy atom. The highest BCUT2D eigenvalue weighted by Crippen LogP contribution is 2.50. The van der Waals surface area contributed by atoms with Crippen LogP contribution in [0.4, 0.5) is 0 Å². The first-order chi connectivity index (χ1) is 12.9. The summed E-state index contributed by atoms with van der Waals surface area (Å²) in [5, 5.41) is 61.8. The van der Waals surface area contributed by atoms with Crippen LogP contribution < -0.4 is 0 Å². The summed E-state index contributed by atoms with van der Waals surface area (Å²) in [5.41, 5.74) is -3.93. The number of hydrogen-bond acceptors (Lipinski definition) is 15. The molecule has 0 N–H and O–H groups in total. The fourth-order valence-electron chi connectivity index (χ4n) is 3.29. The van der Waals surface area contributed by atoms with Crippen LogP contribution in [-0.2, 0) is 0 Å². The molecule has 0 saturated carbocycles. The van der Waals surface area contributed by atoms with E-state index < -0.39 is 75.1 Å². The molecule has 24 nitrogen and oxygen atoms in total. The zero-order chi connectivity index (χ0) is 21.3. The minimum Gasteiger partial charge on any atom is -0.261 e. The average Bonchev–Trinajstić information content (AvgIpc) is 2.52. The van der Waals surface area contributed by atoms with Crippen LogP contribution in [-0.4, -0.2) is 85.3 Å². The minimum absolute atomic E-state index is 0.197. The molecule has 4 heterocycles. The smallest absolute Gasteiger partial charge is 0.261 e. The van der Waals surface area contributed by atoms with E-state index in [1.165, 1.54) is 0 Å². The Bertz CT molecular complexity index is 826. The Labute approximate surface area is 147 Å². The highest BCUT2D eigenvalue weighted by Gasteiger charge is 3.03. The molecule has 4 unspecified atom stereocenters. The van der Waals surface area contributed by atoms with Crippen molar-refractivity contribution >= 4 is 0 Å². The maximum Gasteiger partial charge on any atom is 0.644 e. The van der Waals surface area contributed by atoms with Gasteiger partial charge in [-0.25, -0.2) is 30.3 Å². The summed E-state index contributed by atoms with van der Waals surface area (Å²) in [5.74, 6) is -4.29. The molecule has 0 aromatic heterocycles. The van der Waals surface area contributed by atoms with Crippen LogP contribution in [0.25, 0.3) is 0 Å². The summed E-state index contributed by atoms with van der Waals surface area (Å²) in [7, 11) is 0. The number of hydrazine groups is 8. The molecule has 0 aliphatic carbocycles. The Morgan fingerprint density at radius 2 is 1.14 bits per heavy atom. The lowest BCUT2D eigenvalue weighted by Gasteiger charge is -2.55. The lowest BCUT2D eigenvalue weighted by molar-refractivity contribution is -1.02. The quantitative estimate of drug-likeness (QED) is 0.229. The molecule has 4 aliphatic rings. The lowest BCUT2D eigenvalue weighted by atomic mass is 9.98. The van der Waals surface area contributed by atoms with E-state index in [2.05, 4.69) is 0 Å². The van der Waals surface area contributed by atoms with E-state index in [0.29, 0.717) is 0 Å². The van der Waals surface area contributed by atoms with E-state index in [9.17, 15) is 60.7 Å². The van der Waals surface area contributed by atoms with Crippen LogP contribution in [0.1, 0.15) is 0 Å². The summed E-state index contributed by atoms with van der Waals surface area (Å²) in [6.45, 7) is -3.45. The van der Waals surface area contributed by atoms with E-state index >= 15 is 0 Å². The molecule has 0 radical (unpaired) electrons. The molecule has 4 rings (SSSR count). The van der Waals surface area contributed by atoms with Crippen molar-refractivity contribution in [3.05, 3.63) is 60.7 Å². The van der Waals surface area contributed by atoms with Crippen LogP contribution in [0, 0.1) is 60.7 Å². The zero-order valence-corrected chi connectivity index (χ0v) is 12.7. The van der Waals surface area contributed by atoms with Gasteiger partial charge in [0, 0.05) is 15.2 Å². The lowest BCUT2D eigenvalue weighted by Crippen LogP contribution is -3.01. The highest BCUT2D eigenvalue weighted by atomic mass is 16.8. The van der Waals surface area contributed by atoms with E-state index in [-0.39, 0.29) is 10.2 Å². The van der Waals surface area contributed by atoms with Gasteiger partial charge >= 0.3 is 11.4 Å². The number of hydrogen-bond donors (Lipinski definition) is 0. The maximum absolute atomic E-state index is 11.7. The van der Waals surface area contributed by atoms with Crippen molar-refractivity contribution in [1.29, 1.82) is 0 Å². The van der Waals surface area contributed by atoms with Gasteiger partial charge in [-0.3, -0.25) is 30.3 Å². The SMILES string of the molecule is O=[N+]([O-])N1N2CC3([N+](=O)[O-])N([N+](=O)[O-])N1CN(N2[N+](=O)[O-])C3([N+](=O)[O-])[N+](=O)[O-]. The van der Waals surface area contributed by atoms with E-state index in [1.807, 2.05) is 0 Å². The number of rotatable bonds is 6. The normalized spacial score (nSPS) is 32.1. The standard InChI is InChI=1S/C4H4N12O12/c17-9(18)3-1-6-12(15(25)26)5(4(3,10(19)20)11(21)22)2-7(8(3)14(23)24)13(6)16(27)28/h1-2H2. The van der Waals surface area contributed by atoms with Gasteiger partial charge < -0.3 is 0 Å². The van der Waals surface area contributed by atoms with Gasteiger partial charge in [-0.2, -0.15) is 0 Å². The molecule has 4 aliphatic heterocycles. The van der Waals surface area contributed by atoms with Crippen LogP contribution in [0.3, 0.4) is 0 Å². The molecule has 152 valence electrons. The van der Waals surface area contributed by atoms with Crippen LogP contribution in [0.2, 0.25) is 0 Å². The van der Waals surface area contributed by atoms with Crippen molar-refractivity contribution in [1.82, 2.24) is 30.8 Å². The van der Waals surface area contributed by atoms with Crippen molar-refractivity contribution in [2.75, 3.05) is 13.2 Å². The van der Waals surface area contributed by atoms with Gasteiger partial charge in [-0.1, -0.05) is 0 Å². The Hall–Kier alpha value is -4.32. The molecule has 4 bridgehead atoms. The van der Waals surface area contributed by atoms with E-state index in [0.717, 1.165) is 0 Å². The zero-order valence-electron chi connectivity index (χ0n) is 12.7. The summed E-state index contributed by atoms with van der Waals surface area (Å²) in [6.07, 6.45) is 0. The third-order valence-electron chi connectivity index (χ3n) is 4.16. The van der Waals surface area contributed by atoms with Crippen molar-refractivity contribution in [2.45, 2.75) is 11.4 Å². The molecule has 4 saturated heterocycles. The van der Waals surface area contributed by atoms with Crippen molar-refractivity contribution < 1.29 is 29.9 Å². The van der Waals surface area contributed by atoms with Gasteiger partial charge in [0.1, 0.15) is 16.5 Å². The van der Waals surface area contributed by atoms with Gasteiger partial charge in [0.15, 0.2) is 21.6 Å². The Balaban J connectivity index is 2.43. The van der Waals surface area contributed by atoms with E-state index in [4.69, 9.17) is 0 Å².